The Hall–Kier alpha value is -2.23. The average Bonchev–Trinajstić information content (AvgIpc) is 3.36. The van der Waals surface area contributed by atoms with Crippen molar-refractivity contribution in [3.8, 4) is 5.75 Å². The molecule has 0 spiro atoms. The molecular weight excluding hydrogens is 462 g/mol. The summed E-state index contributed by atoms with van der Waals surface area (Å²) in [5.41, 5.74) is 1.51. The van der Waals surface area contributed by atoms with Gasteiger partial charge in [0.1, 0.15) is 5.75 Å². The first kappa shape index (κ1) is 19.1. The Morgan fingerprint density at radius 3 is 2.93 bits per heavy atom. The Morgan fingerprint density at radius 2 is 2.18 bits per heavy atom. The molecule has 0 unspecified atom stereocenters. The van der Waals surface area contributed by atoms with Crippen molar-refractivity contribution in [1.29, 1.82) is 0 Å². The Labute approximate surface area is 178 Å². The average molecular weight is 478 g/mol. The lowest BCUT2D eigenvalue weighted by Gasteiger charge is -2.26. The molecule has 0 atom stereocenters. The lowest BCUT2D eigenvalue weighted by Crippen LogP contribution is -2.35. The van der Waals surface area contributed by atoms with E-state index in [2.05, 4.69) is 26.2 Å². The van der Waals surface area contributed by atoms with E-state index in [0.717, 1.165) is 15.0 Å². The number of ether oxygens (including phenoxy) is 1. The molecule has 1 N–H and O–H groups in total. The van der Waals surface area contributed by atoms with Gasteiger partial charge in [-0.1, -0.05) is 17.4 Å². The number of carbonyl (C=O) groups is 2. The Balaban J connectivity index is 1.50. The van der Waals surface area contributed by atoms with Crippen LogP contribution in [0.5, 0.6) is 5.75 Å². The summed E-state index contributed by atoms with van der Waals surface area (Å²) in [5.74, 6) is 0.420. The number of halogens is 1. The molecule has 1 aromatic carbocycles. The largest absolute Gasteiger partial charge is 0.497 e. The smallest absolute Gasteiger partial charge is 0.267 e. The van der Waals surface area contributed by atoms with Crippen molar-refractivity contribution in [1.82, 2.24) is 9.88 Å². The summed E-state index contributed by atoms with van der Waals surface area (Å²) in [7, 11) is 1.58. The summed E-state index contributed by atoms with van der Waals surface area (Å²) in [6, 6.07) is 8.97. The van der Waals surface area contributed by atoms with Crippen LogP contribution in [-0.2, 0) is 13.0 Å². The van der Waals surface area contributed by atoms with Gasteiger partial charge in [-0.3, -0.25) is 14.9 Å². The topological polar surface area (TPSA) is 71.5 Å². The molecule has 144 valence electrons. The number of hydrogen-bond acceptors (Lipinski definition) is 6. The van der Waals surface area contributed by atoms with E-state index in [1.165, 1.54) is 22.7 Å². The van der Waals surface area contributed by atoms with E-state index in [1.54, 1.807) is 30.2 Å². The summed E-state index contributed by atoms with van der Waals surface area (Å²) in [5, 5.41) is 5.29. The summed E-state index contributed by atoms with van der Waals surface area (Å²) in [4.78, 5) is 33.2. The molecule has 0 radical (unpaired) electrons. The molecule has 3 aromatic rings. The number of methoxy groups -OCH3 is 1. The first-order valence-corrected chi connectivity index (χ1v) is 11.0. The lowest BCUT2D eigenvalue weighted by molar-refractivity contribution is 0.0734. The van der Waals surface area contributed by atoms with E-state index in [4.69, 9.17) is 4.74 Å². The number of anilines is 1. The second-order valence-corrected chi connectivity index (χ2v) is 9.03. The zero-order valence-corrected chi connectivity index (χ0v) is 18.1. The van der Waals surface area contributed by atoms with Crippen molar-refractivity contribution in [3.63, 3.8) is 0 Å². The van der Waals surface area contributed by atoms with E-state index in [-0.39, 0.29) is 11.8 Å². The number of thiazole rings is 1. The highest BCUT2D eigenvalue weighted by atomic mass is 79.9. The van der Waals surface area contributed by atoms with E-state index in [9.17, 15) is 9.59 Å². The van der Waals surface area contributed by atoms with Crippen molar-refractivity contribution < 1.29 is 14.3 Å². The quantitative estimate of drug-likeness (QED) is 0.603. The summed E-state index contributed by atoms with van der Waals surface area (Å²) in [6.45, 7) is 1.06. The molecule has 28 heavy (non-hydrogen) atoms. The van der Waals surface area contributed by atoms with Gasteiger partial charge in [-0.05, 0) is 45.6 Å². The van der Waals surface area contributed by atoms with E-state index in [1.807, 2.05) is 17.5 Å². The highest BCUT2D eigenvalue weighted by molar-refractivity contribution is 9.10. The van der Waals surface area contributed by atoms with Crippen molar-refractivity contribution in [2.24, 2.45) is 0 Å². The normalized spacial score (nSPS) is 13.1. The molecule has 0 fully saturated rings. The molecule has 0 aliphatic carbocycles. The minimum atomic E-state index is -0.158. The number of nitrogens with one attached hydrogen (secondary N) is 1. The summed E-state index contributed by atoms with van der Waals surface area (Å²) >= 11 is 6.26. The van der Waals surface area contributed by atoms with Crippen LogP contribution in [-0.4, -0.2) is 35.4 Å². The van der Waals surface area contributed by atoms with Crippen LogP contribution in [0.15, 0.2) is 40.2 Å². The maximum Gasteiger partial charge on any atom is 0.267 e. The van der Waals surface area contributed by atoms with Crippen LogP contribution in [0.2, 0.25) is 0 Å². The van der Waals surface area contributed by atoms with Crippen molar-refractivity contribution in [3.05, 3.63) is 61.2 Å². The number of rotatable bonds is 4. The molecular formula is C19H16BrN3O3S2. The van der Waals surface area contributed by atoms with Gasteiger partial charge in [-0.2, -0.15) is 0 Å². The molecule has 0 bridgehead atoms. The number of thiophene rings is 1. The second-order valence-electron chi connectivity index (χ2n) is 6.14. The molecule has 2 amide bonds. The molecule has 6 nitrogen and oxygen atoms in total. The standard InChI is InChI=1S/C19H16BrN3O3S2/c1-26-11-4-5-13(20)12(9-11)18(25)23-7-6-14-16(10-23)28-19(21-14)22-17(24)15-3-2-8-27-15/h2-5,8-9H,6-7,10H2,1H3,(H,21,22,24). The molecule has 9 heteroatoms. The van der Waals surface area contributed by atoms with E-state index < -0.39 is 0 Å². The fraction of sp³-hybridized carbons (Fsp3) is 0.211. The highest BCUT2D eigenvalue weighted by Crippen LogP contribution is 2.31. The molecule has 3 heterocycles. The molecule has 1 aliphatic heterocycles. The SMILES string of the molecule is COc1ccc(Br)c(C(=O)N2CCc3nc(NC(=O)c4cccs4)sc3C2)c1. The number of hydrogen-bond donors (Lipinski definition) is 1. The number of benzene rings is 1. The fourth-order valence-electron chi connectivity index (χ4n) is 2.95. The Morgan fingerprint density at radius 1 is 1.32 bits per heavy atom. The third-order valence-corrected chi connectivity index (χ3v) is 6.95. The summed E-state index contributed by atoms with van der Waals surface area (Å²) in [6.07, 6.45) is 0.661. The summed E-state index contributed by atoms with van der Waals surface area (Å²) < 4.78 is 5.97. The third kappa shape index (κ3) is 3.82. The van der Waals surface area contributed by atoms with Crippen LogP contribution >= 0.6 is 38.6 Å². The minimum absolute atomic E-state index is 0.0611. The van der Waals surface area contributed by atoms with Crippen LogP contribution in [0, 0.1) is 0 Å². The van der Waals surface area contributed by atoms with Crippen LogP contribution in [0.25, 0.3) is 0 Å². The first-order chi connectivity index (χ1) is 13.5. The van der Waals surface area contributed by atoms with E-state index in [0.29, 0.717) is 40.8 Å². The van der Waals surface area contributed by atoms with Crippen molar-refractivity contribution in [2.45, 2.75) is 13.0 Å². The van der Waals surface area contributed by atoms with Gasteiger partial charge in [-0.25, -0.2) is 4.98 Å². The van der Waals surface area contributed by atoms with Gasteiger partial charge in [-0.15, -0.1) is 11.3 Å². The monoisotopic (exact) mass is 477 g/mol. The maximum atomic E-state index is 13.0. The number of nitrogens with zero attached hydrogens (tertiary/aromatic N) is 2. The minimum Gasteiger partial charge on any atom is -0.497 e. The van der Waals surface area contributed by atoms with Gasteiger partial charge < -0.3 is 9.64 Å². The van der Waals surface area contributed by atoms with E-state index >= 15 is 0 Å². The van der Waals surface area contributed by atoms with Gasteiger partial charge >= 0.3 is 0 Å². The van der Waals surface area contributed by atoms with Crippen LogP contribution in [0.4, 0.5) is 5.13 Å². The van der Waals surface area contributed by atoms with Crippen LogP contribution in [0.1, 0.15) is 30.6 Å². The third-order valence-electron chi connectivity index (χ3n) is 4.39. The first-order valence-electron chi connectivity index (χ1n) is 8.51. The predicted octanol–water partition coefficient (Wildman–Crippen LogP) is 4.43. The van der Waals surface area contributed by atoms with Crippen LogP contribution < -0.4 is 10.1 Å². The van der Waals surface area contributed by atoms with Crippen molar-refractivity contribution >= 4 is 55.5 Å². The molecule has 4 rings (SSSR count). The zero-order chi connectivity index (χ0) is 19.7. The number of fused-ring (bicyclic) bond motifs is 1. The van der Waals surface area contributed by atoms with Gasteiger partial charge in [0.05, 0.1) is 29.8 Å². The number of amides is 2. The fourth-order valence-corrected chi connectivity index (χ4v) is 5.01. The number of aromatic nitrogens is 1. The van der Waals surface area contributed by atoms with Gasteiger partial charge in [0.2, 0.25) is 0 Å². The van der Waals surface area contributed by atoms with Gasteiger partial charge in [0, 0.05) is 22.3 Å². The highest BCUT2D eigenvalue weighted by Gasteiger charge is 2.26. The predicted molar refractivity (Wildman–Crippen MR) is 114 cm³/mol. The second kappa shape index (κ2) is 8.02. The van der Waals surface area contributed by atoms with Gasteiger partial charge in [0.15, 0.2) is 5.13 Å². The number of carbonyl (C=O) groups excluding carboxylic acids is 2. The maximum absolute atomic E-state index is 13.0. The lowest BCUT2D eigenvalue weighted by atomic mass is 10.1. The van der Waals surface area contributed by atoms with Gasteiger partial charge in [0.25, 0.3) is 11.8 Å². The molecule has 0 saturated heterocycles. The molecule has 2 aromatic heterocycles. The van der Waals surface area contributed by atoms with Crippen LogP contribution in [0.3, 0.4) is 0 Å². The molecule has 0 saturated carbocycles. The van der Waals surface area contributed by atoms with Crippen molar-refractivity contribution in [2.75, 3.05) is 19.0 Å². The zero-order valence-electron chi connectivity index (χ0n) is 14.9. The molecule has 1 aliphatic rings. The Bertz CT molecular complexity index is 1030. The Kier molecular flexibility index (Phi) is 5.47.